The zero-order valence-electron chi connectivity index (χ0n) is 10.2. The number of nitrogens with one attached hydrogen (secondary N) is 1. The second-order valence-corrected chi connectivity index (χ2v) is 5.20. The van der Waals surface area contributed by atoms with E-state index in [9.17, 15) is 9.59 Å². The molecule has 0 saturated carbocycles. The Hall–Kier alpha value is -1.36. The number of aryl methyl sites for hydroxylation is 1. The molecule has 2 rings (SSSR count). The number of hydrogen-bond acceptors (Lipinski definition) is 2. The van der Waals surface area contributed by atoms with Crippen LogP contribution in [-0.2, 0) is 6.54 Å². The highest BCUT2D eigenvalue weighted by molar-refractivity contribution is 9.10. The molecule has 0 amide bonds. The van der Waals surface area contributed by atoms with E-state index >= 15 is 0 Å². The number of nitrogens with zero attached hydrogens (tertiary/aromatic N) is 1. The largest absolute Gasteiger partial charge is 0.328 e. The van der Waals surface area contributed by atoms with Gasteiger partial charge in [0, 0.05) is 11.0 Å². The monoisotopic (exact) mass is 310 g/mol. The first-order valence-electron chi connectivity index (χ1n) is 6.06. The van der Waals surface area contributed by atoms with E-state index in [4.69, 9.17) is 0 Å². The quantitative estimate of drug-likeness (QED) is 0.883. The van der Waals surface area contributed by atoms with Crippen LogP contribution in [0.3, 0.4) is 0 Å². The van der Waals surface area contributed by atoms with Gasteiger partial charge in [0.15, 0.2) is 0 Å². The molecular formula is C13H15BrN2O2. The molecule has 1 heterocycles. The van der Waals surface area contributed by atoms with Gasteiger partial charge in [0.05, 0.1) is 10.9 Å². The van der Waals surface area contributed by atoms with Crippen LogP contribution in [0.15, 0.2) is 32.3 Å². The van der Waals surface area contributed by atoms with E-state index in [1.54, 1.807) is 10.6 Å². The van der Waals surface area contributed by atoms with Crippen molar-refractivity contribution in [3.05, 3.63) is 43.5 Å². The van der Waals surface area contributed by atoms with E-state index in [-0.39, 0.29) is 11.2 Å². The summed E-state index contributed by atoms with van der Waals surface area (Å²) in [5, 5.41) is 0.542. The van der Waals surface area contributed by atoms with Gasteiger partial charge >= 0.3 is 5.69 Å². The zero-order chi connectivity index (χ0) is 13.1. The molecule has 0 fully saturated rings. The summed E-state index contributed by atoms with van der Waals surface area (Å²) in [4.78, 5) is 25.9. The van der Waals surface area contributed by atoms with E-state index in [1.165, 1.54) is 0 Å². The maximum atomic E-state index is 11.8. The minimum absolute atomic E-state index is 0.328. The van der Waals surface area contributed by atoms with Gasteiger partial charge in [-0.25, -0.2) is 4.79 Å². The fraction of sp³-hybridized carbons (Fsp3) is 0.385. The highest BCUT2D eigenvalue weighted by Crippen LogP contribution is 2.16. The zero-order valence-corrected chi connectivity index (χ0v) is 11.8. The lowest BCUT2D eigenvalue weighted by atomic mass is 10.2. The molecule has 0 spiro atoms. The molecule has 0 saturated heterocycles. The summed E-state index contributed by atoms with van der Waals surface area (Å²) < 4.78 is 2.47. The molecule has 0 bridgehead atoms. The van der Waals surface area contributed by atoms with Crippen molar-refractivity contribution in [3.8, 4) is 0 Å². The van der Waals surface area contributed by atoms with Crippen LogP contribution >= 0.6 is 15.9 Å². The van der Waals surface area contributed by atoms with Crippen molar-refractivity contribution in [2.45, 2.75) is 32.7 Å². The summed E-state index contributed by atoms with van der Waals surface area (Å²) in [6.45, 7) is 2.76. The second-order valence-electron chi connectivity index (χ2n) is 4.28. The minimum Gasteiger partial charge on any atom is -0.293 e. The predicted molar refractivity (Wildman–Crippen MR) is 76.1 cm³/mol. The van der Waals surface area contributed by atoms with Crippen molar-refractivity contribution in [1.82, 2.24) is 9.55 Å². The molecule has 0 unspecified atom stereocenters. The van der Waals surface area contributed by atoms with Crippen LogP contribution in [0.4, 0.5) is 0 Å². The molecule has 1 N–H and O–H groups in total. The molecule has 0 atom stereocenters. The third kappa shape index (κ3) is 2.56. The highest BCUT2D eigenvalue weighted by Gasteiger charge is 2.07. The van der Waals surface area contributed by atoms with Gasteiger partial charge in [-0.05, 0) is 24.6 Å². The lowest BCUT2D eigenvalue weighted by molar-refractivity contribution is 0.591. The Morgan fingerprint density at radius 1 is 1.28 bits per heavy atom. The van der Waals surface area contributed by atoms with E-state index in [0.29, 0.717) is 17.4 Å². The van der Waals surface area contributed by atoms with Crippen molar-refractivity contribution < 1.29 is 0 Å². The third-order valence-corrected chi connectivity index (χ3v) is 3.44. The third-order valence-electron chi connectivity index (χ3n) is 2.94. The van der Waals surface area contributed by atoms with Crippen LogP contribution in [0.25, 0.3) is 10.9 Å². The number of H-pyrrole nitrogens is 1. The molecule has 5 heteroatoms. The Kier molecular flexibility index (Phi) is 4.01. The topological polar surface area (TPSA) is 54.9 Å². The molecule has 1 aromatic heterocycles. The summed E-state index contributed by atoms with van der Waals surface area (Å²) in [7, 11) is 0. The Labute approximate surface area is 113 Å². The summed E-state index contributed by atoms with van der Waals surface area (Å²) in [6, 6.07) is 5.39. The number of benzene rings is 1. The Morgan fingerprint density at radius 2 is 2.06 bits per heavy atom. The summed E-state index contributed by atoms with van der Waals surface area (Å²) in [5.41, 5.74) is 0.0389. The van der Waals surface area contributed by atoms with E-state index < -0.39 is 0 Å². The molecule has 96 valence electrons. The molecule has 0 radical (unpaired) electrons. The van der Waals surface area contributed by atoms with Gasteiger partial charge in [0.2, 0.25) is 0 Å². The number of unbranched alkanes of at least 4 members (excludes halogenated alkanes) is 2. The van der Waals surface area contributed by atoms with Gasteiger partial charge < -0.3 is 0 Å². The predicted octanol–water partition coefficient (Wildman–Crippen LogP) is 2.64. The molecule has 4 nitrogen and oxygen atoms in total. The van der Waals surface area contributed by atoms with Crippen molar-refractivity contribution in [2.24, 2.45) is 0 Å². The van der Waals surface area contributed by atoms with Crippen molar-refractivity contribution in [1.29, 1.82) is 0 Å². The van der Waals surface area contributed by atoms with Crippen LogP contribution in [0.1, 0.15) is 26.2 Å². The first-order valence-corrected chi connectivity index (χ1v) is 6.85. The fourth-order valence-corrected chi connectivity index (χ4v) is 2.37. The molecule has 0 aliphatic carbocycles. The Balaban J connectivity index is 2.58. The molecule has 1 aromatic carbocycles. The van der Waals surface area contributed by atoms with Crippen LogP contribution in [0, 0.1) is 0 Å². The van der Waals surface area contributed by atoms with Gasteiger partial charge in [0.1, 0.15) is 0 Å². The van der Waals surface area contributed by atoms with Gasteiger partial charge in [-0.3, -0.25) is 14.3 Å². The SMILES string of the molecule is CCCCCn1c(=O)[nH]c(=O)c2cc(Br)ccc21. The smallest absolute Gasteiger partial charge is 0.293 e. The van der Waals surface area contributed by atoms with Crippen molar-refractivity contribution >= 4 is 26.8 Å². The van der Waals surface area contributed by atoms with Crippen LogP contribution < -0.4 is 11.2 Å². The maximum absolute atomic E-state index is 11.8. The molecule has 2 aromatic rings. The molecule has 0 aliphatic heterocycles. The highest BCUT2D eigenvalue weighted by atomic mass is 79.9. The number of hydrogen-bond donors (Lipinski definition) is 1. The average molecular weight is 311 g/mol. The van der Waals surface area contributed by atoms with Gasteiger partial charge in [-0.15, -0.1) is 0 Å². The van der Waals surface area contributed by atoms with Crippen molar-refractivity contribution in [2.75, 3.05) is 0 Å². The van der Waals surface area contributed by atoms with Crippen LogP contribution in [-0.4, -0.2) is 9.55 Å². The second kappa shape index (κ2) is 5.52. The molecular weight excluding hydrogens is 296 g/mol. The van der Waals surface area contributed by atoms with Gasteiger partial charge in [-0.2, -0.15) is 0 Å². The fourth-order valence-electron chi connectivity index (χ4n) is 2.01. The first-order chi connectivity index (χ1) is 8.63. The van der Waals surface area contributed by atoms with E-state index in [1.807, 2.05) is 12.1 Å². The molecule has 18 heavy (non-hydrogen) atoms. The Bertz CT molecular complexity index is 673. The average Bonchev–Trinajstić information content (AvgIpc) is 2.34. The van der Waals surface area contributed by atoms with E-state index in [2.05, 4.69) is 27.8 Å². The van der Waals surface area contributed by atoms with E-state index in [0.717, 1.165) is 23.7 Å². The number of rotatable bonds is 4. The summed E-state index contributed by atoms with van der Waals surface area (Å²) in [6.07, 6.45) is 3.11. The number of halogens is 1. The normalized spacial score (nSPS) is 11.0. The first kappa shape index (κ1) is 13.1. The van der Waals surface area contributed by atoms with Gasteiger partial charge in [0.25, 0.3) is 5.56 Å². The number of aromatic amines is 1. The minimum atomic E-state index is -0.331. The maximum Gasteiger partial charge on any atom is 0.328 e. The van der Waals surface area contributed by atoms with Gasteiger partial charge in [-0.1, -0.05) is 35.7 Å². The lowest BCUT2D eigenvalue weighted by Gasteiger charge is -2.09. The molecule has 0 aliphatic rings. The van der Waals surface area contributed by atoms with Crippen LogP contribution in [0.5, 0.6) is 0 Å². The number of aromatic nitrogens is 2. The Morgan fingerprint density at radius 3 is 2.78 bits per heavy atom. The number of fused-ring (bicyclic) bond motifs is 1. The van der Waals surface area contributed by atoms with Crippen LogP contribution in [0.2, 0.25) is 0 Å². The standard InChI is InChI=1S/C13H15BrN2O2/c1-2-3-4-7-16-11-6-5-9(14)8-10(11)12(17)15-13(16)18/h5-6,8H,2-4,7H2,1H3,(H,15,17,18). The van der Waals surface area contributed by atoms with Crippen molar-refractivity contribution in [3.63, 3.8) is 0 Å². The summed E-state index contributed by atoms with van der Waals surface area (Å²) in [5.74, 6) is 0. The lowest BCUT2D eigenvalue weighted by Crippen LogP contribution is -2.30. The summed E-state index contributed by atoms with van der Waals surface area (Å²) >= 11 is 3.33.